The van der Waals surface area contributed by atoms with Crippen molar-refractivity contribution in [1.82, 2.24) is 0 Å². The van der Waals surface area contributed by atoms with Gasteiger partial charge in [-0.2, -0.15) is 0 Å². The highest BCUT2D eigenvalue weighted by atomic mass is 35.5. The molecule has 7 aromatic heterocycles. The van der Waals surface area contributed by atoms with Crippen molar-refractivity contribution in [3.63, 3.8) is 0 Å². The van der Waals surface area contributed by atoms with E-state index in [1.807, 2.05) is 96.3 Å². The Morgan fingerprint density at radius 1 is 0.173 bits per heavy atom. The fraction of sp³-hybridized carbons (Fsp3) is 0.0222. The first-order valence-corrected chi connectivity index (χ1v) is 55.4. The number of hydrogen-bond acceptors (Lipinski definition) is 11. The molecule has 0 saturated heterocycles. The van der Waals surface area contributed by atoms with Gasteiger partial charge in [0, 0.05) is 228 Å². The molecule has 1 aliphatic rings. The Labute approximate surface area is 905 Å². The monoisotopic (exact) mass is 2090 g/mol. The summed E-state index contributed by atoms with van der Waals surface area (Å²) in [6, 6.07) is 172. The van der Waals surface area contributed by atoms with Gasteiger partial charge in [-0.05, 0) is 263 Å². The first kappa shape index (κ1) is 92.5. The summed E-state index contributed by atoms with van der Waals surface area (Å²) >= 11 is 35.4. The molecule has 0 atom stereocenters. The van der Waals surface area contributed by atoms with Crippen molar-refractivity contribution >= 4 is 316 Å². The van der Waals surface area contributed by atoms with Crippen LogP contribution in [0.1, 0.15) is 25.0 Å². The van der Waals surface area contributed by atoms with Gasteiger partial charge in [-0.1, -0.05) is 315 Å². The van der Waals surface area contributed by atoms with Gasteiger partial charge in [-0.3, -0.25) is 0 Å². The third-order valence-corrected chi connectivity index (χ3v) is 35.8. The highest BCUT2D eigenvalue weighted by Crippen LogP contribution is 2.55. The Balaban J connectivity index is 0.0000000995. The quantitative estimate of drug-likeness (QED) is 0.108. The molecule has 6 nitrogen and oxygen atoms in total. The first-order valence-electron chi connectivity index (χ1n) is 49.8. The minimum absolute atomic E-state index is 0.0439. The van der Waals surface area contributed by atoms with Crippen LogP contribution in [0.4, 0.5) is 68.2 Å². The summed E-state index contributed by atoms with van der Waals surface area (Å²) in [6.45, 7) is 4.65. The van der Waals surface area contributed by atoms with E-state index in [1.165, 1.54) is 124 Å². The van der Waals surface area contributed by atoms with Crippen molar-refractivity contribution in [2.75, 3.05) is 19.6 Å². The third-order valence-electron chi connectivity index (χ3n) is 28.9. The molecule has 0 bridgehead atoms. The van der Waals surface area contributed by atoms with E-state index in [9.17, 15) is 0 Å². The first-order chi connectivity index (χ1) is 73.7. The summed E-state index contributed by atoms with van der Waals surface area (Å²) in [4.78, 5) is 9.31. The lowest BCUT2D eigenvalue weighted by atomic mass is 9.82. The van der Waals surface area contributed by atoms with E-state index in [1.54, 1.807) is 45.3 Å². The van der Waals surface area contributed by atoms with Gasteiger partial charge in [0.2, 0.25) is 0 Å². The lowest BCUT2D eigenvalue weighted by Crippen LogP contribution is -2.15. The van der Waals surface area contributed by atoms with Gasteiger partial charge in [0.1, 0.15) is 22.3 Å². The molecular weight excluding hydrogens is 2010 g/mol. The number of para-hydroxylation sites is 4. The van der Waals surface area contributed by atoms with Crippen LogP contribution in [0.25, 0.3) is 178 Å². The van der Waals surface area contributed by atoms with E-state index in [-0.39, 0.29) is 5.41 Å². The molecule has 0 N–H and O–H groups in total. The predicted molar refractivity (Wildman–Crippen MR) is 652 cm³/mol. The Bertz CT molecular complexity index is 10300. The Hall–Kier alpha value is -16.1. The minimum atomic E-state index is -0.0439. The molecule has 7 heterocycles. The number of nitrogens with zero attached hydrogens (tertiary/aromatic N) is 4. The maximum absolute atomic E-state index is 6.66. The largest absolute Gasteiger partial charge is 0.456 e. The van der Waals surface area contributed by atoms with Crippen molar-refractivity contribution in [1.29, 1.82) is 0 Å². The molecule has 1 aliphatic carbocycles. The van der Waals surface area contributed by atoms with Crippen LogP contribution in [0.15, 0.2) is 494 Å². The van der Waals surface area contributed by atoms with E-state index in [4.69, 9.17) is 55.2 Å². The zero-order valence-corrected chi connectivity index (χ0v) is 88.0. The van der Waals surface area contributed by atoms with Crippen LogP contribution < -0.4 is 19.6 Å². The van der Waals surface area contributed by atoms with E-state index in [0.29, 0.717) is 0 Å². The third kappa shape index (κ3) is 16.7. The second-order valence-electron chi connectivity index (χ2n) is 38.2. The van der Waals surface area contributed by atoms with Crippen molar-refractivity contribution in [2.24, 2.45) is 0 Å². The summed E-state index contributed by atoms with van der Waals surface area (Å²) in [5, 5.41) is 19.6. The summed E-state index contributed by atoms with van der Waals surface area (Å²) in [5.41, 5.74) is 26.9. The number of fused-ring (bicyclic) bond motifs is 24. The average molecular weight is 2100 g/mol. The lowest BCUT2D eigenvalue weighted by Gasteiger charge is -2.27. The summed E-state index contributed by atoms with van der Waals surface area (Å²) in [5.74, 6) is 0. The lowest BCUT2D eigenvalue weighted by molar-refractivity contribution is 0.660. The van der Waals surface area contributed by atoms with Gasteiger partial charge < -0.3 is 28.4 Å². The molecule has 0 aliphatic heterocycles. The average Bonchev–Trinajstić information content (AvgIpc) is 1.57. The van der Waals surface area contributed by atoms with Crippen LogP contribution in [0.3, 0.4) is 0 Å². The molecule has 0 unspecified atom stereocenters. The topological polar surface area (TPSA) is 39.2 Å². The molecular formula is C135H86Cl4N4O2S5. The number of thiophene rings is 5. The SMILES string of the molecule is CC1(C)c2ccccc2-c2cc(N(c3ccc4c(c3)oc3ccccc34)c3ccc4c(c3)sc3cccc(Cl)c34)ccc21.Clc1cccc2sc3cc(N(c4ccc(-c5ccccc5)cc4)c4ccc5sc6ccccc6c5c4)ccc3c12.Clc1cccc2sc3cc(N(c4cccc(-c5ccccc5)c4)c4ccc5c(c4)oc4ccccc45)ccc3c12.Clc1cccc2sc3cc(N(c4ccccc4)c4ccccc4)ccc3c12. The van der Waals surface area contributed by atoms with Crippen LogP contribution in [0.2, 0.25) is 20.1 Å². The highest BCUT2D eigenvalue weighted by Gasteiger charge is 2.36. The van der Waals surface area contributed by atoms with E-state index in [2.05, 4.69) is 434 Å². The van der Waals surface area contributed by atoms with Crippen molar-refractivity contribution in [3.05, 3.63) is 517 Å². The molecule has 0 fully saturated rings. The fourth-order valence-corrected chi connectivity index (χ4v) is 29.0. The molecule has 22 aromatic carbocycles. The number of furan rings is 2. The van der Waals surface area contributed by atoms with E-state index < -0.39 is 0 Å². The molecule has 15 heteroatoms. The van der Waals surface area contributed by atoms with E-state index in [0.717, 1.165) is 154 Å². The molecule has 0 amide bonds. The van der Waals surface area contributed by atoms with Crippen LogP contribution in [-0.4, -0.2) is 0 Å². The van der Waals surface area contributed by atoms with Gasteiger partial charge in [0.25, 0.3) is 0 Å². The van der Waals surface area contributed by atoms with Crippen molar-refractivity contribution in [3.8, 4) is 33.4 Å². The molecule has 150 heavy (non-hydrogen) atoms. The molecule has 30 rings (SSSR count). The van der Waals surface area contributed by atoms with Crippen molar-refractivity contribution in [2.45, 2.75) is 19.3 Å². The Morgan fingerprint density at radius 3 is 0.933 bits per heavy atom. The smallest absolute Gasteiger partial charge is 0.137 e. The number of anilines is 12. The normalized spacial score (nSPS) is 12.1. The maximum Gasteiger partial charge on any atom is 0.137 e. The number of rotatable bonds is 14. The van der Waals surface area contributed by atoms with Gasteiger partial charge >= 0.3 is 0 Å². The molecule has 0 saturated carbocycles. The van der Waals surface area contributed by atoms with Gasteiger partial charge in [0.15, 0.2) is 0 Å². The second-order valence-corrected chi connectivity index (χ2v) is 45.2. The Kier molecular flexibility index (Phi) is 23.8. The Morgan fingerprint density at radius 2 is 0.460 bits per heavy atom. The molecule has 29 aromatic rings. The van der Waals surface area contributed by atoms with Crippen LogP contribution in [0, 0.1) is 0 Å². The van der Waals surface area contributed by atoms with Crippen LogP contribution >= 0.6 is 103 Å². The summed E-state index contributed by atoms with van der Waals surface area (Å²) in [6.07, 6.45) is 0. The zero-order chi connectivity index (χ0) is 100. The minimum Gasteiger partial charge on any atom is -0.456 e. The van der Waals surface area contributed by atoms with E-state index >= 15 is 0 Å². The maximum atomic E-state index is 6.66. The molecule has 0 spiro atoms. The summed E-state index contributed by atoms with van der Waals surface area (Å²) < 4.78 is 25.0. The number of benzene rings is 22. The fourth-order valence-electron chi connectivity index (χ4n) is 21.9. The van der Waals surface area contributed by atoms with Gasteiger partial charge in [-0.15, -0.1) is 56.7 Å². The van der Waals surface area contributed by atoms with Crippen LogP contribution in [-0.2, 0) is 5.41 Å². The predicted octanol–water partition coefficient (Wildman–Crippen LogP) is 44.5. The van der Waals surface area contributed by atoms with Gasteiger partial charge in [0.05, 0.1) is 0 Å². The van der Waals surface area contributed by atoms with Gasteiger partial charge in [-0.25, -0.2) is 0 Å². The number of hydrogen-bond donors (Lipinski definition) is 0. The molecule has 0 radical (unpaired) electrons. The summed E-state index contributed by atoms with van der Waals surface area (Å²) in [7, 11) is 0. The zero-order valence-electron chi connectivity index (χ0n) is 80.8. The second kappa shape index (κ2) is 38.6. The van der Waals surface area contributed by atoms with Crippen LogP contribution in [0.5, 0.6) is 0 Å². The molecule has 716 valence electrons. The number of halogens is 4. The van der Waals surface area contributed by atoms with Crippen molar-refractivity contribution < 1.29 is 8.83 Å². The standard InChI is InChI=1S/C39H26ClNOS.C36H22ClNOS.C36H22ClNS2.C24H16ClNS/c1-39(2)31-10-5-3-8-26(31)30-20-23(16-19-32(30)39)41(24-14-17-28-27-9-4-6-12-34(27)42-35(28)21-24)25-15-18-29-37(22-25)43-36-13-7-11-33(40)38(29)36;37-31-13-7-15-34-36(31)30-19-17-27(22-35(30)40-34)38(25-11-6-10-24(20-25)23-8-2-1-3-9-23)26-16-18-29-28-12-4-5-14-32(28)39-33(29)21-26;37-31-10-6-12-34-36(31)29-19-17-27(22-35(29)40-34)38(25-15-13-24(14-16-25)23-7-2-1-3-8-23)26-18-20-33-30(21-26)28-9-4-5-11-32(28)39-33;25-21-12-7-13-22-24(21)20-15-14-19(16-23(20)27-22)26(17-8-3-1-4-9-17)18-10-5-2-6-11-18/h3-22H,1-2H3;2*1-22H;1-16H. The highest BCUT2D eigenvalue weighted by molar-refractivity contribution is 7.27.